The van der Waals surface area contributed by atoms with Gasteiger partial charge in [0, 0.05) is 38.8 Å². The maximum absolute atomic E-state index is 11.5. The van der Waals surface area contributed by atoms with Crippen molar-refractivity contribution in [3.63, 3.8) is 0 Å². The SMILES string of the molecule is O=C(CCN1C(=O)CCC1=O)NC(CCO)C(=O)O. The number of carbonyl (C=O) groups is 4. The number of aliphatic hydroxyl groups excluding tert-OH is 1. The van der Waals surface area contributed by atoms with Gasteiger partial charge in [-0.25, -0.2) is 4.79 Å². The summed E-state index contributed by atoms with van der Waals surface area (Å²) in [6, 6.07) is -1.16. The van der Waals surface area contributed by atoms with Gasteiger partial charge in [-0.3, -0.25) is 19.3 Å². The number of nitrogens with one attached hydrogen (secondary N) is 1. The third kappa shape index (κ3) is 4.32. The molecule has 8 heteroatoms. The number of carboxylic acid groups (broad SMARTS) is 1. The molecule has 106 valence electrons. The Labute approximate surface area is 109 Å². The van der Waals surface area contributed by atoms with Crippen LogP contribution in [0.1, 0.15) is 25.7 Å². The number of aliphatic carboxylic acids is 1. The van der Waals surface area contributed by atoms with Gasteiger partial charge in [-0.2, -0.15) is 0 Å². The minimum Gasteiger partial charge on any atom is -0.480 e. The molecule has 0 spiro atoms. The molecule has 0 radical (unpaired) electrons. The van der Waals surface area contributed by atoms with Gasteiger partial charge in [0.05, 0.1) is 0 Å². The van der Waals surface area contributed by atoms with E-state index in [1.807, 2.05) is 0 Å². The van der Waals surface area contributed by atoms with Crippen LogP contribution in [0.5, 0.6) is 0 Å². The summed E-state index contributed by atoms with van der Waals surface area (Å²) in [5.74, 6) is -2.45. The number of imide groups is 1. The highest BCUT2D eigenvalue weighted by molar-refractivity contribution is 6.02. The van der Waals surface area contributed by atoms with E-state index >= 15 is 0 Å². The zero-order valence-electron chi connectivity index (χ0n) is 10.3. The molecule has 1 fully saturated rings. The van der Waals surface area contributed by atoms with Gasteiger partial charge in [-0.1, -0.05) is 0 Å². The molecule has 3 N–H and O–H groups in total. The third-order valence-corrected chi connectivity index (χ3v) is 2.77. The van der Waals surface area contributed by atoms with Crippen molar-refractivity contribution in [3.05, 3.63) is 0 Å². The monoisotopic (exact) mass is 272 g/mol. The molecule has 0 aromatic heterocycles. The number of carboxylic acids is 1. The van der Waals surface area contributed by atoms with Crippen LogP contribution in [-0.4, -0.2) is 58.0 Å². The van der Waals surface area contributed by atoms with E-state index in [4.69, 9.17) is 10.2 Å². The van der Waals surface area contributed by atoms with Crippen molar-refractivity contribution >= 4 is 23.7 Å². The smallest absolute Gasteiger partial charge is 0.326 e. The van der Waals surface area contributed by atoms with Crippen LogP contribution in [0.15, 0.2) is 0 Å². The average Bonchev–Trinajstić information content (AvgIpc) is 2.66. The lowest BCUT2D eigenvalue weighted by Gasteiger charge is -2.16. The summed E-state index contributed by atoms with van der Waals surface area (Å²) in [5, 5.41) is 19.7. The summed E-state index contributed by atoms with van der Waals surface area (Å²) in [6.07, 6.45) is 0.0702. The topological polar surface area (TPSA) is 124 Å². The lowest BCUT2D eigenvalue weighted by molar-refractivity contribution is -0.143. The predicted molar refractivity (Wildman–Crippen MR) is 61.8 cm³/mol. The molecule has 1 aliphatic heterocycles. The lowest BCUT2D eigenvalue weighted by Crippen LogP contribution is -2.43. The third-order valence-electron chi connectivity index (χ3n) is 2.77. The molecule has 8 nitrogen and oxygen atoms in total. The molecule has 0 bridgehead atoms. The van der Waals surface area contributed by atoms with E-state index in [9.17, 15) is 19.2 Å². The Hall–Kier alpha value is -1.96. The Kier molecular flexibility index (Phi) is 5.43. The minimum atomic E-state index is -1.24. The van der Waals surface area contributed by atoms with Crippen LogP contribution >= 0.6 is 0 Å². The van der Waals surface area contributed by atoms with Crippen molar-refractivity contribution < 1.29 is 29.4 Å². The number of carbonyl (C=O) groups excluding carboxylic acids is 3. The first kappa shape index (κ1) is 15.1. The molecule has 1 heterocycles. The van der Waals surface area contributed by atoms with Crippen molar-refractivity contribution in [1.82, 2.24) is 10.2 Å². The fraction of sp³-hybridized carbons (Fsp3) is 0.636. The van der Waals surface area contributed by atoms with E-state index < -0.39 is 17.9 Å². The Morgan fingerprint density at radius 1 is 1.26 bits per heavy atom. The van der Waals surface area contributed by atoms with Crippen molar-refractivity contribution in [3.8, 4) is 0 Å². The molecule has 19 heavy (non-hydrogen) atoms. The summed E-state index contributed by atoms with van der Waals surface area (Å²) in [4.78, 5) is 45.8. The van der Waals surface area contributed by atoms with Crippen LogP contribution in [-0.2, 0) is 19.2 Å². The lowest BCUT2D eigenvalue weighted by atomic mass is 10.2. The van der Waals surface area contributed by atoms with E-state index in [2.05, 4.69) is 5.32 Å². The maximum Gasteiger partial charge on any atom is 0.326 e. The van der Waals surface area contributed by atoms with Crippen LogP contribution in [0.4, 0.5) is 0 Å². The second-order valence-corrected chi connectivity index (χ2v) is 4.16. The van der Waals surface area contributed by atoms with Gasteiger partial charge >= 0.3 is 5.97 Å². The van der Waals surface area contributed by atoms with Gasteiger partial charge in [0.2, 0.25) is 17.7 Å². The number of amides is 3. The summed E-state index contributed by atoms with van der Waals surface area (Å²) in [5.41, 5.74) is 0. The first-order chi connectivity index (χ1) is 8.95. The number of rotatable bonds is 7. The highest BCUT2D eigenvalue weighted by atomic mass is 16.4. The Bertz CT molecular complexity index is 379. The van der Waals surface area contributed by atoms with E-state index in [1.165, 1.54) is 0 Å². The van der Waals surface area contributed by atoms with E-state index in [1.54, 1.807) is 0 Å². The molecule has 0 saturated carbocycles. The average molecular weight is 272 g/mol. The zero-order chi connectivity index (χ0) is 14.4. The summed E-state index contributed by atoms with van der Waals surface area (Å²) in [7, 11) is 0. The second kappa shape index (κ2) is 6.83. The summed E-state index contributed by atoms with van der Waals surface area (Å²) in [6.45, 7) is -0.407. The van der Waals surface area contributed by atoms with Crippen molar-refractivity contribution in [2.45, 2.75) is 31.7 Å². The molecule has 1 atom stereocenters. The molecule has 1 rings (SSSR count). The first-order valence-electron chi connectivity index (χ1n) is 5.92. The first-order valence-corrected chi connectivity index (χ1v) is 5.92. The second-order valence-electron chi connectivity index (χ2n) is 4.16. The summed E-state index contributed by atoms with van der Waals surface area (Å²) >= 11 is 0. The van der Waals surface area contributed by atoms with Crippen molar-refractivity contribution in [2.75, 3.05) is 13.2 Å². The molecule has 3 amide bonds. The molecule has 1 saturated heterocycles. The van der Waals surface area contributed by atoms with Crippen molar-refractivity contribution in [2.24, 2.45) is 0 Å². The van der Waals surface area contributed by atoms with Gasteiger partial charge < -0.3 is 15.5 Å². The normalized spacial score (nSPS) is 16.6. The van der Waals surface area contributed by atoms with Crippen LogP contribution in [0.3, 0.4) is 0 Å². The molecule has 0 aromatic carbocycles. The van der Waals surface area contributed by atoms with E-state index in [-0.39, 0.29) is 50.6 Å². The Balaban J connectivity index is 2.40. The number of nitrogens with zero attached hydrogens (tertiary/aromatic N) is 1. The quantitative estimate of drug-likeness (QED) is 0.483. The largest absolute Gasteiger partial charge is 0.480 e. The number of aliphatic hydroxyl groups is 1. The molecule has 1 aliphatic rings. The standard InChI is InChI=1S/C11H16N2O6/c14-6-4-7(11(18)19)12-8(15)3-5-13-9(16)1-2-10(13)17/h7,14H,1-6H2,(H,12,15)(H,18,19). The van der Waals surface area contributed by atoms with Crippen LogP contribution in [0.25, 0.3) is 0 Å². The van der Waals surface area contributed by atoms with E-state index in [0.29, 0.717) is 0 Å². The van der Waals surface area contributed by atoms with Gasteiger partial charge in [-0.15, -0.1) is 0 Å². The van der Waals surface area contributed by atoms with Crippen LogP contribution in [0, 0.1) is 0 Å². The number of likely N-dealkylation sites (tertiary alicyclic amines) is 1. The fourth-order valence-corrected chi connectivity index (χ4v) is 1.74. The minimum absolute atomic E-state index is 0.0467. The molecular weight excluding hydrogens is 256 g/mol. The van der Waals surface area contributed by atoms with Gasteiger partial charge in [0.1, 0.15) is 6.04 Å². The van der Waals surface area contributed by atoms with Crippen LogP contribution in [0.2, 0.25) is 0 Å². The molecule has 0 aromatic rings. The molecule has 1 unspecified atom stereocenters. The zero-order valence-corrected chi connectivity index (χ0v) is 10.3. The molecular formula is C11H16N2O6. The van der Waals surface area contributed by atoms with Gasteiger partial charge in [0.15, 0.2) is 0 Å². The van der Waals surface area contributed by atoms with Gasteiger partial charge in [0.25, 0.3) is 0 Å². The summed E-state index contributed by atoms with van der Waals surface area (Å²) < 4.78 is 0. The maximum atomic E-state index is 11.5. The highest BCUT2D eigenvalue weighted by Gasteiger charge is 2.29. The number of hydrogen-bond donors (Lipinski definition) is 3. The van der Waals surface area contributed by atoms with Gasteiger partial charge in [-0.05, 0) is 0 Å². The number of hydrogen-bond acceptors (Lipinski definition) is 5. The highest BCUT2D eigenvalue weighted by Crippen LogP contribution is 2.11. The predicted octanol–water partition coefficient (Wildman–Crippen LogP) is -1.52. The Morgan fingerprint density at radius 2 is 1.84 bits per heavy atom. The van der Waals surface area contributed by atoms with Crippen molar-refractivity contribution in [1.29, 1.82) is 0 Å². The Morgan fingerprint density at radius 3 is 2.32 bits per heavy atom. The van der Waals surface area contributed by atoms with Crippen LogP contribution < -0.4 is 5.32 Å². The fourth-order valence-electron chi connectivity index (χ4n) is 1.74. The molecule has 0 aliphatic carbocycles. The van der Waals surface area contributed by atoms with E-state index in [0.717, 1.165) is 4.90 Å².